The first kappa shape index (κ1) is 14.9. The van der Waals surface area contributed by atoms with Gasteiger partial charge in [0.15, 0.2) is 0 Å². The van der Waals surface area contributed by atoms with Crippen LogP contribution in [0.4, 0.5) is 0 Å². The van der Waals surface area contributed by atoms with Crippen LogP contribution in [0, 0.1) is 5.92 Å². The summed E-state index contributed by atoms with van der Waals surface area (Å²) in [5.74, 6) is 0.680. The lowest BCUT2D eigenvalue weighted by Gasteiger charge is -2.17. The molecule has 19 heavy (non-hydrogen) atoms. The standard InChI is InChI=1S/C12H19NO4S2/c1-13(5-6-17-9-10-2-3-10)19(15,16)12-4-7-18-11(12)8-14/h4,7,10,14H,2-3,5-6,8-9H2,1H3. The Hall–Kier alpha value is -0.470. The number of aliphatic hydroxyl groups is 1. The molecule has 1 saturated carbocycles. The maximum Gasteiger partial charge on any atom is 0.244 e. The molecule has 1 aliphatic rings. The van der Waals surface area contributed by atoms with E-state index in [4.69, 9.17) is 9.84 Å². The van der Waals surface area contributed by atoms with Gasteiger partial charge in [-0.25, -0.2) is 8.42 Å². The molecule has 1 fully saturated rings. The smallest absolute Gasteiger partial charge is 0.244 e. The van der Waals surface area contributed by atoms with Gasteiger partial charge < -0.3 is 9.84 Å². The number of hydrogen-bond acceptors (Lipinski definition) is 5. The summed E-state index contributed by atoms with van der Waals surface area (Å²) in [6.07, 6.45) is 2.45. The Bertz CT molecular complexity index is 508. The van der Waals surface area contributed by atoms with E-state index in [1.54, 1.807) is 5.38 Å². The van der Waals surface area contributed by atoms with Crippen molar-refractivity contribution in [3.05, 3.63) is 16.3 Å². The Morgan fingerprint density at radius 1 is 1.53 bits per heavy atom. The number of likely N-dealkylation sites (N-methyl/N-ethyl adjacent to an activating group) is 1. The van der Waals surface area contributed by atoms with E-state index in [0.717, 1.165) is 6.61 Å². The molecule has 1 heterocycles. The van der Waals surface area contributed by atoms with Gasteiger partial charge in [-0.1, -0.05) is 0 Å². The van der Waals surface area contributed by atoms with Crippen LogP contribution in [0.1, 0.15) is 17.7 Å². The SMILES string of the molecule is CN(CCOCC1CC1)S(=O)(=O)c1ccsc1CO. The van der Waals surface area contributed by atoms with Gasteiger partial charge in [0.1, 0.15) is 0 Å². The average Bonchev–Trinajstić information content (AvgIpc) is 3.07. The van der Waals surface area contributed by atoms with Crippen molar-refractivity contribution in [2.45, 2.75) is 24.3 Å². The maximum absolute atomic E-state index is 12.3. The normalized spacial score (nSPS) is 16.2. The monoisotopic (exact) mass is 305 g/mol. The van der Waals surface area contributed by atoms with E-state index in [9.17, 15) is 8.42 Å². The van der Waals surface area contributed by atoms with Crippen molar-refractivity contribution in [3.8, 4) is 0 Å². The zero-order chi connectivity index (χ0) is 13.9. The van der Waals surface area contributed by atoms with Gasteiger partial charge in [0.25, 0.3) is 0 Å². The van der Waals surface area contributed by atoms with E-state index in [2.05, 4.69) is 0 Å². The van der Waals surface area contributed by atoms with Crippen molar-refractivity contribution in [2.24, 2.45) is 5.92 Å². The Kier molecular flexibility index (Phi) is 4.97. The van der Waals surface area contributed by atoms with Crippen molar-refractivity contribution < 1.29 is 18.3 Å². The van der Waals surface area contributed by atoms with Gasteiger partial charge in [-0.05, 0) is 30.2 Å². The number of aliphatic hydroxyl groups excluding tert-OH is 1. The Balaban J connectivity index is 1.90. The molecule has 0 spiro atoms. The van der Waals surface area contributed by atoms with Crippen LogP contribution >= 0.6 is 11.3 Å². The van der Waals surface area contributed by atoms with Gasteiger partial charge in [0, 0.05) is 25.1 Å². The fourth-order valence-electron chi connectivity index (χ4n) is 1.69. The molecular weight excluding hydrogens is 286 g/mol. The second-order valence-corrected chi connectivity index (χ2v) is 7.72. The molecule has 1 N–H and O–H groups in total. The lowest BCUT2D eigenvalue weighted by Crippen LogP contribution is -2.30. The second kappa shape index (κ2) is 6.32. The van der Waals surface area contributed by atoms with Gasteiger partial charge >= 0.3 is 0 Å². The largest absolute Gasteiger partial charge is 0.391 e. The van der Waals surface area contributed by atoms with Crippen LogP contribution < -0.4 is 0 Å². The molecule has 7 heteroatoms. The minimum Gasteiger partial charge on any atom is -0.391 e. The quantitative estimate of drug-likeness (QED) is 0.735. The molecule has 1 aromatic rings. The van der Waals surface area contributed by atoms with Gasteiger partial charge in [-0.15, -0.1) is 11.3 Å². The first-order chi connectivity index (χ1) is 9.05. The van der Waals surface area contributed by atoms with E-state index in [1.807, 2.05) is 0 Å². The summed E-state index contributed by atoms with van der Waals surface area (Å²) in [5.41, 5.74) is 0. The van der Waals surface area contributed by atoms with Crippen molar-refractivity contribution in [3.63, 3.8) is 0 Å². The van der Waals surface area contributed by atoms with Gasteiger partial charge in [-0.3, -0.25) is 0 Å². The number of rotatable bonds is 8. The molecule has 0 radical (unpaired) electrons. The van der Waals surface area contributed by atoms with E-state index in [0.29, 0.717) is 23.9 Å². The summed E-state index contributed by atoms with van der Waals surface area (Å²) in [4.78, 5) is 0.676. The number of thiophene rings is 1. The van der Waals surface area contributed by atoms with Crippen molar-refractivity contribution in [2.75, 3.05) is 26.8 Å². The molecule has 5 nitrogen and oxygen atoms in total. The molecule has 0 atom stereocenters. The van der Waals surface area contributed by atoms with Crippen LogP contribution in [-0.4, -0.2) is 44.6 Å². The van der Waals surface area contributed by atoms with Crippen LogP contribution in [0.2, 0.25) is 0 Å². The Morgan fingerprint density at radius 2 is 2.26 bits per heavy atom. The second-order valence-electron chi connectivity index (χ2n) is 4.71. The number of ether oxygens (including phenoxy) is 1. The average molecular weight is 305 g/mol. The lowest BCUT2D eigenvalue weighted by molar-refractivity contribution is 0.117. The molecule has 0 aliphatic heterocycles. The summed E-state index contributed by atoms with van der Waals surface area (Å²) >= 11 is 1.25. The fraction of sp³-hybridized carbons (Fsp3) is 0.667. The Labute approximate surface area is 117 Å². The van der Waals surface area contributed by atoms with E-state index < -0.39 is 10.0 Å². The zero-order valence-electron chi connectivity index (χ0n) is 10.9. The number of nitrogens with zero attached hydrogens (tertiary/aromatic N) is 1. The molecular formula is C12H19NO4S2. The first-order valence-corrected chi connectivity index (χ1v) is 8.59. The molecule has 2 rings (SSSR count). The minimum atomic E-state index is -3.52. The molecule has 1 aliphatic carbocycles. The van der Waals surface area contributed by atoms with Crippen LogP contribution in [0.25, 0.3) is 0 Å². The van der Waals surface area contributed by atoms with Crippen molar-refractivity contribution in [1.29, 1.82) is 0 Å². The number of hydrogen-bond donors (Lipinski definition) is 1. The van der Waals surface area contributed by atoms with Gasteiger partial charge in [0.2, 0.25) is 10.0 Å². The summed E-state index contributed by atoms with van der Waals surface area (Å²) in [6, 6.07) is 1.53. The third-order valence-electron chi connectivity index (χ3n) is 3.14. The minimum absolute atomic E-state index is 0.199. The molecule has 0 amide bonds. The summed E-state index contributed by atoms with van der Waals surface area (Å²) in [5, 5.41) is 10.8. The molecule has 0 saturated heterocycles. The van der Waals surface area contributed by atoms with Crippen LogP contribution in [0.3, 0.4) is 0 Å². The van der Waals surface area contributed by atoms with Crippen LogP contribution in [-0.2, 0) is 21.4 Å². The highest BCUT2D eigenvalue weighted by atomic mass is 32.2. The van der Waals surface area contributed by atoms with E-state index in [1.165, 1.54) is 41.6 Å². The van der Waals surface area contributed by atoms with Gasteiger partial charge in [0.05, 0.1) is 18.1 Å². The van der Waals surface area contributed by atoms with E-state index >= 15 is 0 Å². The third kappa shape index (κ3) is 3.76. The van der Waals surface area contributed by atoms with E-state index in [-0.39, 0.29) is 11.5 Å². The summed E-state index contributed by atoms with van der Waals surface area (Å²) in [7, 11) is -1.98. The first-order valence-electron chi connectivity index (χ1n) is 6.27. The van der Waals surface area contributed by atoms with Crippen molar-refractivity contribution >= 4 is 21.4 Å². The molecule has 1 aromatic heterocycles. The van der Waals surface area contributed by atoms with Crippen LogP contribution in [0.15, 0.2) is 16.3 Å². The van der Waals surface area contributed by atoms with Crippen molar-refractivity contribution in [1.82, 2.24) is 4.31 Å². The third-order valence-corrected chi connectivity index (χ3v) is 6.11. The maximum atomic E-state index is 12.3. The predicted molar refractivity (Wildman–Crippen MR) is 73.6 cm³/mol. The molecule has 108 valence electrons. The topological polar surface area (TPSA) is 66.8 Å². The zero-order valence-corrected chi connectivity index (χ0v) is 12.5. The predicted octanol–water partition coefficient (Wildman–Crippen LogP) is 1.29. The van der Waals surface area contributed by atoms with Gasteiger partial charge in [-0.2, -0.15) is 4.31 Å². The summed E-state index contributed by atoms with van der Waals surface area (Å²) in [6.45, 7) is 1.22. The summed E-state index contributed by atoms with van der Waals surface area (Å²) < 4.78 is 31.3. The number of sulfonamides is 1. The van der Waals surface area contributed by atoms with Crippen LogP contribution in [0.5, 0.6) is 0 Å². The highest BCUT2D eigenvalue weighted by Crippen LogP contribution is 2.28. The lowest BCUT2D eigenvalue weighted by atomic mass is 10.5. The fourth-order valence-corrected chi connectivity index (χ4v) is 4.11. The highest BCUT2D eigenvalue weighted by molar-refractivity contribution is 7.89. The molecule has 0 unspecified atom stereocenters. The molecule has 0 bridgehead atoms. The molecule has 0 aromatic carbocycles. The highest BCUT2D eigenvalue weighted by Gasteiger charge is 2.25. The Morgan fingerprint density at radius 3 is 2.89 bits per heavy atom.